The molecule has 2 heterocycles. The molecule has 2 atom stereocenters. The van der Waals surface area contributed by atoms with Crippen LogP contribution in [0.25, 0.3) is 0 Å². The second-order valence-corrected chi connectivity index (χ2v) is 4.42. The number of halogens is 2. The highest BCUT2D eigenvalue weighted by Crippen LogP contribution is 2.39. The molecule has 0 saturated heterocycles. The van der Waals surface area contributed by atoms with Gasteiger partial charge in [0.1, 0.15) is 0 Å². The lowest BCUT2D eigenvalue weighted by molar-refractivity contribution is 0.100. The van der Waals surface area contributed by atoms with Crippen LogP contribution in [0.3, 0.4) is 0 Å². The van der Waals surface area contributed by atoms with E-state index in [-0.39, 0.29) is 28.2 Å². The van der Waals surface area contributed by atoms with E-state index in [2.05, 4.69) is 10.1 Å². The van der Waals surface area contributed by atoms with Crippen molar-refractivity contribution in [1.82, 2.24) is 14.8 Å². The van der Waals surface area contributed by atoms with Gasteiger partial charge in [-0.3, -0.25) is 9.50 Å². The number of carbonyl (C=O) groups is 1. The zero-order chi connectivity index (χ0) is 14.7. The first-order chi connectivity index (χ1) is 9.66. The molecule has 0 N–H and O–H groups in total. The van der Waals surface area contributed by atoms with Crippen LogP contribution < -0.4 is 0 Å². The largest absolute Gasteiger partial charge is 0.291 e. The number of alkyl halides is 1. The Hall–Kier alpha value is -2.11. The first-order valence-electron chi connectivity index (χ1n) is 6.83. The van der Waals surface area contributed by atoms with Crippen LogP contribution in [0.2, 0.25) is 0 Å². The van der Waals surface area contributed by atoms with Crippen molar-refractivity contribution in [2.75, 3.05) is 0 Å². The van der Waals surface area contributed by atoms with Crippen LogP contribution in [-0.4, -0.2) is 20.5 Å². The van der Waals surface area contributed by atoms with Crippen LogP contribution in [0.4, 0.5) is 9.09 Å². The Morgan fingerprint density at radius 1 is 1.29 bits per heavy atom. The van der Waals surface area contributed by atoms with E-state index in [1.54, 1.807) is 0 Å². The molecule has 0 aliphatic carbocycles. The van der Waals surface area contributed by atoms with Gasteiger partial charge in [-0.05, 0) is 5.56 Å². The number of ketones is 1. The van der Waals surface area contributed by atoms with Crippen molar-refractivity contribution in [2.24, 2.45) is 0 Å². The van der Waals surface area contributed by atoms with Gasteiger partial charge < -0.3 is 0 Å². The summed E-state index contributed by atoms with van der Waals surface area (Å²) in [6, 6.07) is 9.42. The van der Waals surface area contributed by atoms with Gasteiger partial charge in [-0.25, -0.2) is 14.1 Å². The van der Waals surface area contributed by atoms with Crippen LogP contribution in [0, 0.1) is 0 Å². The lowest BCUT2D eigenvalue weighted by atomic mass is 10.0. The molecule has 0 spiro atoms. The predicted octanol–water partition coefficient (Wildman–Crippen LogP) is 3.66. The predicted molar refractivity (Wildman–Crippen MR) is 76.9 cm³/mol. The fourth-order valence-corrected chi connectivity index (χ4v) is 2.28. The van der Waals surface area contributed by atoms with Gasteiger partial charge >= 0.3 is 0 Å². The van der Waals surface area contributed by atoms with Crippen molar-refractivity contribution in [3.63, 3.8) is 0 Å². The second-order valence-electron chi connectivity index (χ2n) is 4.42. The third-order valence-corrected chi connectivity index (χ3v) is 3.16. The Morgan fingerprint density at radius 3 is 2.48 bits per heavy atom. The van der Waals surface area contributed by atoms with Crippen LogP contribution >= 0.6 is 0 Å². The smallest absolute Gasteiger partial charge is 0.217 e. The van der Waals surface area contributed by atoms with E-state index < -0.39 is 6.17 Å². The number of fused-ring (bicyclic) bond motifs is 1. The minimum absolute atomic E-state index is 0. The summed E-state index contributed by atoms with van der Waals surface area (Å²) in [5.41, 5.74) is 0.985. The molecule has 2 aromatic rings. The second kappa shape index (κ2) is 7.06. The topological polar surface area (TPSA) is 47.8 Å². The van der Waals surface area contributed by atoms with E-state index in [4.69, 9.17) is 0 Å². The summed E-state index contributed by atoms with van der Waals surface area (Å²) in [4.78, 5) is 15.2. The Morgan fingerprint density at radius 2 is 1.90 bits per heavy atom. The molecule has 6 heteroatoms. The summed E-state index contributed by atoms with van der Waals surface area (Å²) in [6.07, 6.45) is -0.826. The number of nitrogens with zero attached hydrogens (tertiary/aromatic N) is 3. The lowest BCUT2D eigenvalue weighted by Gasteiger charge is -2.11. The molecule has 1 aromatic carbocycles. The molecule has 0 fully saturated rings. The van der Waals surface area contributed by atoms with Crippen molar-refractivity contribution in [2.45, 2.75) is 39.4 Å². The Bertz CT molecular complexity index is 598. The molecule has 4 nitrogen and oxygen atoms in total. The minimum Gasteiger partial charge on any atom is -0.291 e. The number of aromatic nitrogens is 3. The quantitative estimate of drug-likeness (QED) is 0.794. The molecule has 1 aromatic heterocycles. The average Bonchev–Trinajstić information content (AvgIpc) is 3.03. The SMILES string of the molecule is CC.CC(=O)c1nc2n(n1)[C@@H](c1ccccc1)C[C@H]2F.F. The van der Waals surface area contributed by atoms with Gasteiger partial charge in [-0.1, -0.05) is 44.2 Å². The number of hydrogen-bond donors (Lipinski definition) is 0. The maximum Gasteiger partial charge on any atom is 0.217 e. The van der Waals surface area contributed by atoms with Gasteiger partial charge in [-0.2, -0.15) is 0 Å². The van der Waals surface area contributed by atoms with Crippen molar-refractivity contribution < 1.29 is 13.9 Å². The summed E-state index contributed by atoms with van der Waals surface area (Å²) >= 11 is 0. The van der Waals surface area contributed by atoms with E-state index in [0.717, 1.165) is 5.56 Å². The van der Waals surface area contributed by atoms with Crippen molar-refractivity contribution in [3.05, 3.63) is 47.5 Å². The zero-order valence-corrected chi connectivity index (χ0v) is 12.3. The molecule has 3 rings (SSSR count). The third kappa shape index (κ3) is 3.15. The summed E-state index contributed by atoms with van der Waals surface area (Å²) in [7, 11) is 0. The summed E-state index contributed by atoms with van der Waals surface area (Å²) in [5, 5.41) is 4.11. The van der Waals surface area contributed by atoms with Crippen molar-refractivity contribution in [3.8, 4) is 0 Å². The van der Waals surface area contributed by atoms with Gasteiger partial charge in [0.25, 0.3) is 0 Å². The van der Waals surface area contributed by atoms with Crippen LogP contribution in [0.1, 0.15) is 61.4 Å². The molecule has 0 unspecified atom stereocenters. The molecule has 0 saturated carbocycles. The van der Waals surface area contributed by atoms with Crippen molar-refractivity contribution >= 4 is 5.78 Å². The van der Waals surface area contributed by atoms with E-state index in [9.17, 15) is 9.18 Å². The van der Waals surface area contributed by atoms with Gasteiger partial charge in [0, 0.05) is 13.3 Å². The van der Waals surface area contributed by atoms with Crippen LogP contribution in [0.15, 0.2) is 30.3 Å². The maximum absolute atomic E-state index is 13.9. The van der Waals surface area contributed by atoms with Crippen LogP contribution in [0.5, 0.6) is 0 Å². The molecular formula is C15H19F2N3O. The first kappa shape index (κ1) is 16.9. The van der Waals surface area contributed by atoms with Gasteiger partial charge in [0.05, 0.1) is 6.04 Å². The molecule has 114 valence electrons. The van der Waals surface area contributed by atoms with Gasteiger partial charge in [0.2, 0.25) is 5.82 Å². The Labute approximate surface area is 122 Å². The highest BCUT2D eigenvalue weighted by atomic mass is 19.1. The number of Topliss-reactive ketones (excluding diaryl/α,β-unsaturated/α-hetero) is 1. The van der Waals surface area contributed by atoms with Gasteiger partial charge in [0.15, 0.2) is 17.8 Å². The van der Waals surface area contributed by atoms with Gasteiger partial charge in [-0.15, -0.1) is 5.10 Å². The summed E-state index contributed by atoms with van der Waals surface area (Å²) < 4.78 is 15.4. The van der Waals surface area contributed by atoms with E-state index in [0.29, 0.717) is 6.42 Å². The first-order valence-corrected chi connectivity index (χ1v) is 6.83. The number of hydrogen-bond acceptors (Lipinski definition) is 3. The molecular weight excluding hydrogens is 276 g/mol. The molecule has 1 aliphatic rings. The number of carbonyl (C=O) groups excluding carboxylic acids is 1. The standard InChI is InChI=1S/C13H12FN3O.C2H6.FH/c1-8(18)12-15-13-10(14)7-11(17(13)16-12)9-5-3-2-4-6-9;1-2;/h2-6,10-11H,7H2,1H3;1-2H3;1H/t10-,11-;;/m1../s1. The summed E-state index contributed by atoms with van der Waals surface area (Å²) in [6.45, 7) is 5.38. The maximum atomic E-state index is 13.9. The summed E-state index contributed by atoms with van der Waals surface area (Å²) in [5.74, 6) is 0.109. The van der Waals surface area contributed by atoms with Crippen molar-refractivity contribution in [1.29, 1.82) is 0 Å². The lowest BCUT2D eigenvalue weighted by Crippen LogP contribution is -2.08. The van der Waals surface area contributed by atoms with E-state index in [1.165, 1.54) is 11.6 Å². The minimum atomic E-state index is -1.16. The average molecular weight is 295 g/mol. The number of rotatable bonds is 2. The highest BCUT2D eigenvalue weighted by molar-refractivity contribution is 5.90. The fraction of sp³-hybridized carbons (Fsp3) is 0.400. The molecule has 0 radical (unpaired) electrons. The molecule has 21 heavy (non-hydrogen) atoms. The molecule has 1 aliphatic heterocycles. The molecule has 0 amide bonds. The number of benzene rings is 1. The Balaban J connectivity index is 0.000000706. The van der Waals surface area contributed by atoms with Crippen LogP contribution in [-0.2, 0) is 0 Å². The highest BCUT2D eigenvalue weighted by Gasteiger charge is 2.35. The normalized spacial score (nSPS) is 19.0. The molecule has 0 bridgehead atoms. The fourth-order valence-electron chi connectivity index (χ4n) is 2.28. The monoisotopic (exact) mass is 295 g/mol. The van der Waals surface area contributed by atoms with E-state index >= 15 is 0 Å². The van der Waals surface area contributed by atoms with E-state index in [1.807, 2.05) is 44.2 Å². The Kier molecular flexibility index (Phi) is 5.69. The third-order valence-electron chi connectivity index (χ3n) is 3.16. The zero-order valence-electron chi connectivity index (χ0n) is 12.3.